The first-order valence-electron chi connectivity index (χ1n) is 10.1. The predicted molar refractivity (Wildman–Crippen MR) is 114 cm³/mol. The van der Waals surface area contributed by atoms with Crippen LogP contribution in [0.25, 0.3) is 0 Å². The number of hydrogen-bond acceptors (Lipinski definition) is 5. The van der Waals surface area contributed by atoms with Crippen LogP contribution in [-0.4, -0.2) is 41.2 Å². The van der Waals surface area contributed by atoms with Crippen molar-refractivity contribution in [2.75, 3.05) is 23.9 Å². The van der Waals surface area contributed by atoms with Gasteiger partial charge in [0, 0.05) is 49.6 Å². The van der Waals surface area contributed by atoms with Gasteiger partial charge in [0.25, 0.3) is 0 Å². The average molecular weight is 370 g/mol. The predicted octanol–water partition coefficient (Wildman–Crippen LogP) is 4.58. The van der Waals surface area contributed by atoms with Gasteiger partial charge in [-0.15, -0.1) is 0 Å². The fourth-order valence-corrected chi connectivity index (χ4v) is 4.16. The van der Waals surface area contributed by atoms with E-state index in [1.807, 2.05) is 6.20 Å². The highest BCUT2D eigenvalue weighted by Crippen LogP contribution is 2.38. The van der Waals surface area contributed by atoms with Gasteiger partial charge in [-0.1, -0.05) is 27.7 Å². The zero-order valence-electron chi connectivity index (χ0n) is 18.4. The Morgan fingerprint density at radius 3 is 1.81 bits per heavy atom. The molecule has 148 valence electrons. The Labute approximate surface area is 165 Å². The van der Waals surface area contributed by atoms with Gasteiger partial charge in [-0.2, -0.15) is 0 Å². The molecule has 2 atom stereocenters. The van der Waals surface area contributed by atoms with Crippen LogP contribution < -0.4 is 9.80 Å². The van der Waals surface area contributed by atoms with Gasteiger partial charge in [0.15, 0.2) is 0 Å². The molecule has 3 heterocycles. The van der Waals surface area contributed by atoms with Crippen molar-refractivity contribution in [1.82, 2.24) is 14.8 Å². The lowest BCUT2D eigenvalue weighted by atomic mass is 10.1. The van der Waals surface area contributed by atoms with Crippen molar-refractivity contribution in [3.05, 3.63) is 41.6 Å². The molecule has 2 aliphatic rings. The fourth-order valence-electron chi connectivity index (χ4n) is 4.16. The summed E-state index contributed by atoms with van der Waals surface area (Å²) in [5.41, 5.74) is 5.18. The first-order chi connectivity index (χ1) is 12.6. The molecule has 0 fully saturated rings. The summed E-state index contributed by atoms with van der Waals surface area (Å²) in [7, 11) is 4.36. The number of nitrogens with zero attached hydrogens (tertiary/aromatic N) is 5. The van der Waals surface area contributed by atoms with Crippen LogP contribution in [0.3, 0.4) is 0 Å². The van der Waals surface area contributed by atoms with Crippen molar-refractivity contribution in [2.24, 2.45) is 11.8 Å². The molecule has 0 bridgehead atoms. The van der Waals surface area contributed by atoms with Crippen LogP contribution >= 0.6 is 0 Å². The van der Waals surface area contributed by atoms with E-state index in [0.717, 1.165) is 5.82 Å². The lowest BCUT2D eigenvalue weighted by Gasteiger charge is -2.32. The highest BCUT2D eigenvalue weighted by molar-refractivity contribution is 5.67. The summed E-state index contributed by atoms with van der Waals surface area (Å²) in [6, 6.07) is 2.14. The van der Waals surface area contributed by atoms with Gasteiger partial charge in [-0.3, -0.25) is 0 Å². The van der Waals surface area contributed by atoms with Crippen LogP contribution in [0.2, 0.25) is 0 Å². The van der Waals surface area contributed by atoms with E-state index in [2.05, 4.69) is 101 Å². The summed E-state index contributed by atoms with van der Waals surface area (Å²) in [5.74, 6) is 2.05. The monoisotopic (exact) mass is 369 g/mol. The molecular formula is C22H35N5. The highest BCUT2D eigenvalue weighted by atomic mass is 15.4. The Hall–Kier alpha value is -2.17. The van der Waals surface area contributed by atoms with Crippen LogP contribution in [0, 0.1) is 18.8 Å². The molecule has 5 nitrogen and oxygen atoms in total. The molecule has 0 spiro atoms. The van der Waals surface area contributed by atoms with Gasteiger partial charge in [-0.25, -0.2) is 4.98 Å². The van der Waals surface area contributed by atoms with Gasteiger partial charge in [-0.05, 0) is 38.7 Å². The molecule has 0 aliphatic carbocycles. The van der Waals surface area contributed by atoms with Gasteiger partial charge in [0.05, 0.1) is 5.69 Å². The number of allylic oxidation sites excluding steroid dienone is 2. The summed E-state index contributed by atoms with van der Waals surface area (Å²) in [4.78, 5) is 14.2. The lowest BCUT2D eigenvalue weighted by molar-refractivity contribution is 0.326. The van der Waals surface area contributed by atoms with E-state index in [1.54, 1.807) is 0 Å². The van der Waals surface area contributed by atoms with Crippen molar-refractivity contribution in [2.45, 2.75) is 60.8 Å². The molecule has 3 rings (SSSR count). The summed E-state index contributed by atoms with van der Waals surface area (Å²) < 4.78 is 0. The topological polar surface area (TPSA) is 25.9 Å². The summed E-state index contributed by atoms with van der Waals surface area (Å²) in [6.07, 6.45) is 7.08. The number of rotatable bonds is 4. The molecule has 0 radical (unpaired) electrons. The van der Waals surface area contributed by atoms with Gasteiger partial charge in [0.1, 0.15) is 18.1 Å². The second-order valence-electron chi connectivity index (χ2n) is 8.50. The van der Waals surface area contributed by atoms with Crippen LogP contribution in [0.15, 0.2) is 36.1 Å². The first kappa shape index (κ1) is 19.6. The Balaban J connectivity index is 2.01. The fraction of sp³-hybridized carbons (Fsp3) is 0.591. The molecular weight excluding hydrogens is 334 g/mol. The third kappa shape index (κ3) is 3.17. The van der Waals surface area contributed by atoms with Gasteiger partial charge >= 0.3 is 0 Å². The molecule has 0 amide bonds. The second-order valence-corrected chi connectivity index (χ2v) is 8.50. The van der Waals surface area contributed by atoms with Crippen LogP contribution in [0.4, 0.5) is 11.5 Å². The highest BCUT2D eigenvalue weighted by Gasteiger charge is 2.33. The largest absolute Gasteiger partial charge is 0.356 e. The smallest absolute Gasteiger partial charge is 0.139 e. The summed E-state index contributed by atoms with van der Waals surface area (Å²) >= 11 is 0. The van der Waals surface area contributed by atoms with Gasteiger partial charge < -0.3 is 19.6 Å². The number of hydrogen-bond donors (Lipinski definition) is 0. The Morgan fingerprint density at radius 2 is 1.33 bits per heavy atom. The Morgan fingerprint density at radius 1 is 0.852 bits per heavy atom. The van der Waals surface area contributed by atoms with Crippen molar-refractivity contribution < 1.29 is 0 Å². The molecule has 1 aromatic rings. The van der Waals surface area contributed by atoms with Gasteiger partial charge in [0.2, 0.25) is 0 Å². The van der Waals surface area contributed by atoms with E-state index < -0.39 is 0 Å². The molecule has 0 saturated heterocycles. The Bertz CT molecular complexity index is 704. The minimum atomic E-state index is 0.268. The minimum absolute atomic E-state index is 0.268. The zero-order chi connectivity index (χ0) is 20.0. The summed E-state index contributed by atoms with van der Waals surface area (Å²) in [5, 5.41) is 0. The zero-order valence-corrected chi connectivity index (χ0v) is 18.4. The number of anilines is 2. The molecule has 5 heteroatoms. The minimum Gasteiger partial charge on any atom is -0.356 e. The molecule has 0 N–H and O–H groups in total. The third-order valence-electron chi connectivity index (χ3n) is 6.14. The summed E-state index contributed by atoms with van der Waals surface area (Å²) in [6.45, 7) is 15.7. The molecule has 27 heavy (non-hydrogen) atoms. The van der Waals surface area contributed by atoms with E-state index >= 15 is 0 Å². The molecule has 0 aromatic carbocycles. The van der Waals surface area contributed by atoms with Crippen LogP contribution in [0.5, 0.6) is 0 Å². The second kappa shape index (κ2) is 7.10. The normalized spacial score (nSPS) is 23.1. The van der Waals surface area contributed by atoms with E-state index in [9.17, 15) is 0 Å². The number of pyridine rings is 1. The van der Waals surface area contributed by atoms with E-state index in [-0.39, 0.29) is 6.17 Å². The van der Waals surface area contributed by atoms with Crippen molar-refractivity contribution in [3.63, 3.8) is 0 Å². The SMILES string of the molecule is Cc1c(N2C=C(C(C)C)N(C)[C@@H]2C)ccnc1N1C=C(C(C)C)N(C)[C@H]1C. The van der Waals surface area contributed by atoms with Crippen molar-refractivity contribution in [1.29, 1.82) is 0 Å². The van der Waals surface area contributed by atoms with E-state index in [1.165, 1.54) is 22.6 Å². The number of aromatic nitrogens is 1. The van der Waals surface area contributed by atoms with E-state index in [4.69, 9.17) is 4.98 Å². The van der Waals surface area contributed by atoms with Crippen LogP contribution in [-0.2, 0) is 0 Å². The molecule has 2 aliphatic heterocycles. The standard InChI is InChI=1S/C22H35N5/c1-14(2)20-12-26(17(6)24(20)8)19-10-11-23-22(16(19)5)27-13-21(15(3)4)25(9)18(27)7/h10-15,17-18H,1-9H3/t17-,18+/m0/s1. The average Bonchev–Trinajstić information content (AvgIpc) is 3.07. The molecule has 1 aromatic heterocycles. The maximum absolute atomic E-state index is 4.76. The maximum atomic E-state index is 4.76. The van der Waals surface area contributed by atoms with E-state index in [0.29, 0.717) is 18.0 Å². The lowest BCUT2D eigenvalue weighted by Crippen LogP contribution is -2.37. The first-order valence-corrected chi connectivity index (χ1v) is 10.1. The molecule has 0 saturated carbocycles. The molecule has 0 unspecified atom stereocenters. The maximum Gasteiger partial charge on any atom is 0.139 e. The third-order valence-corrected chi connectivity index (χ3v) is 6.14. The Kier molecular flexibility index (Phi) is 5.15. The van der Waals surface area contributed by atoms with Crippen molar-refractivity contribution >= 4 is 11.5 Å². The van der Waals surface area contributed by atoms with Crippen LogP contribution in [0.1, 0.15) is 47.1 Å². The quantitative estimate of drug-likeness (QED) is 0.774. The van der Waals surface area contributed by atoms with Crippen molar-refractivity contribution in [3.8, 4) is 0 Å².